The molecule has 0 unspecified atom stereocenters. The van der Waals surface area contributed by atoms with Gasteiger partial charge < -0.3 is 13.9 Å². The van der Waals surface area contributed by atoms with Crippen LogP contribution in [-0.2, 0) is 9.31 Å². The number of rotatable bonds is 2. The zero-order valence-electron chi connectivity index (χ0n) is 12.3. The third kappa shape index (κ3) is 2.23. The van der Waals surface area contributed by atoms with Crippen LogP contribution in [0.25, 0.3) is 0 Å². The first-order valence-electron chi connectivity index (χ1n) is 7.28. The molecule has 0 amide bonds. The molecular formula is C14H23BN2O2. The molecule has 1 saturated carbocycles. The first-order valence-corrected chi connectivity index (χ1v) is 7.28. The lowest BCUT2D eigenvalue weighted by atomic mass is 9.86. The molecule has 3 rings (SSSR count). The van der Waals surface area contributed by atoms with Gasteiger partial charge in [0.25, 0.3) is 0 Å². The van der Waals surface area contributed by atoms with Gasteiger partial charge in [-0.2, -0.15) is 0 Å². The van der Waals surface area contributed by atoms with Gasteiger partial charge in [0.15, 0.2) is 0 Å². The lowest BCUT2D eigenvalue weighted by molar-refractivity contribution is 0.00578. The second kappa shape index (κ2) is 4.35. The maximum Gasteiger partial charge on any atom is 0.516 e. The molecule has 2 heterocycles. The van der Waals surface area contributed by atoms with Crippen molar-refractivity contribution in [2.75, 3.05) is 0 Å². The van der Waals surface area contributed by atoms with E-state index in [1.807, 2.05) is 6.33 Å². The zero-order chi connectivity index (χ0) is 13.7. The second-order valence-electron chi connectivity index (χ2n) is 6.77. The van der Waals surface area contributed by atoms with Crippen molar-refractivity contribution in [3.05, 3.63) is 12.5 Å². The van der Waals surface area contributed by atoms with Crippen molar-refractivity contribution < 1.29 is 9.31 Å². The van der Waals surface area contributed by atoms with Gasteiger partial charge in [0.05, 0.1) is 23.1 Å². The average Bonchev–Trinajstić information content (AvgIpc) is 3.00. The Morgan fingerprint density at radius 3 is 2.32 bits per heavy atom. The SMILES string of the molecule is CC1(C)OB(c2cn(C3CCCC3)cn2)OC1(C)C. The Labute approximate surface area is 115 Å². The highest BCUT2D eigenvalue weighted by atomic mass is 16.7. The van der Waals surface area contributed by atoms with E-state index in [4.69, 9.17) is 9.31 Å². The van der Waals surface area contributed by atoms with Gasteiger partial charge >= 0.3 is 7.12 Å². The molecule has 5 heteroatoms. The van der Waals surface area contributed by atoms with Crippen molar-refractivity contribution in [1.29, 1.82) is 0 Å². The van der Waals surface area contributed by atoms with Crippen molar-refractivity contribution in [2.24, 2.45) is 0 Å². The Kier molecular flexibility index (Phi) is 3.02. The van der Waals surface area contributed by atoms with Crippen LogP contribution in [0.2, 0.25) is 0 Å². The maximum atomic E-state index is 6.03. The fourth-order valence-corrected chi connectivity index (χ4v) is 2.84. The van der Waals surface area contributed by atoms with Crippen LogP contribution >= 0.6 is 0 Å². The van der Waals surface area contributed by atoms with Crippen LogP contribution in [0.15, 0.2) is 12.5 Å². The van der Waals surface area contributed by atoms with E-state index in [0.717, 1.165) is 5.59 Å². The number of imidazole rings is 1. The van der Waals surface area contributed by atoms with E-state index in [1.54, 1.807) is 0 Å². The minimum atomic E-state index is -0.340. The van der Waals surface area contributed by atoms with Gasteiger partial charge in [-0.15, -0.1) is 0 Å². The summed E-state index contributed by atoms with van der Waals surface area (Å²) in [6.07, 6.45) is 9.20. The third-order valence-electron chi connectivity index (χ3n) is 4.86. The average molecular weight is 262 g/mol. The van der Waals surface area contributed by atoms with E-state index in [-0.39, 0.29) is 18.3 Å². The Bertz CT molecular complexity index is 448. The molecule has 2 aliphatic rings. The summed E-state index contributed by atoms with van der Waals surface area (Å²) < 4.78 is 14.3. The Morgan fingerprint density at radius 2 is 1.74 bits per heavy atom. The van der Waals surface area contributed by atoms with Gasteiger partial charge in [0.2, 0.25) is 0 Å². The third-order valence-corrected chi connectivity index (χ3v) is 4.86. The smallest absolute Gasteiger partial charge is 0.398 e. The maximum absolute atomic E-state index is 6.03. The van der Waals surface area contributed by atoms with Crippen LogP contribution in [0.5, 0.6) is 0 Å². The van der Waals surface area contributed by atoms with Crippen LogP contribution < -0.4 is 5.59 Å². The van der Waals surface area contributed by atoms with Gasteiger partial charge in [-0.3, -0.25) is 0 Å². The van der Waals surface area contributed by atoms with Gasteiger partial charge in [-0.25, -0.2) is 4.98 Å². The Balaban J connectivity index is 1.77. The highest BCUT2D eigenvalue weighted by Crippen LogP contribution is 2.36. The van der Waals surface area contributed by atoms with Gasteiger partial charge in [-0.1, -0.05) is 12.8 Å². The van der Waals surface area contributed by atoms with Crippen LogP contribution in [0.1, 0.15) is 59.4 Å². The minimum Gasteiger partial charge on any atom is -0.398 e. The fourth-order valence-electron chi connectivity index (χ4n) is 2.84. The molecule has 2 fully saturated rings. The summed E-state index contributed by atoms with van der Waals surface area (Å²) in [6.45, 7) is 8.28. The number of nitrogens with zero attached hydrogens (tertiary/aromatic N) is 2. The highest BCUT2D eigenvalue weighted by Gasteiger charge is 2.52. The zero-order valence-corrected chi connectivity index (χ0v) is 12.3. The van der Waals surface area contributed by atoms with Gasteiger partial charge in [-0.05, 0) is 40.5 Å². The molecule has 104 valence electrons. The topological polar surface area (TPSA) is 36.3 Å². The van der Waals surface area contributed by atoms with Crippen molar-refractivity contribution in [3.63, 3.8) is 0 Å². The molecule has 1 aliphatic carbocycles. The molecule has 0 spiro atoms. The van der Waals surface area contributed by atoms with E-state index in [2.05, 4.69) is 43.4 Å². The van der Waals surface area contributed by atoms with Gasteiger partial charge in [0, 0.05) is 12.2 Å². The standard InChI is InChI=1S/C14H23BN2O2/c1-13(2)14(3,4)19-15(18-13)12-9-17(10-16-12)11-7-5-6-8-11/h9-11H,5-8H2,1-4H3. The quantitative estimate of drug-likeness (QED) is 0.767. The lowest BCUT2D eigenvalue weighted by Crippen LogP contribution is -2.41. The molecule has 0 bridgehead atoms. The molecule has 19 heavy (non-hydrogen) atoms. The predicted molar refractivity (Wildman–Crippen MR) is 75.4 cm³/mol. The van der Waals surface area contributed by atoms with Crippen LogP contribution in [-0.4, -0.2) is 27.9 Å². The molecule has 0 radical (unpaired) electrons. The predicted octanol–water partition coefficient (Wildman–Crippen LogP) is 2.30. The van der Waals surface area contributed by atoms with E-state index >= 15 is 0 Å². The van der Waals surface area contributed by atoms with E-state index < -0.39 is 0 Å². The molecular weight excluding hydrogens is 239 g/mol. The molecule has 4 nitrogen and oxygen atoms in total. The van der Waals surface area contributed by atoms with Crippen molar-refractivity contribution in [2.45, 2.75) is 70.6 Å². The van der Waals surface area contributed by atoms with E-state index in [0.29, 0.717) is 6.04 Å². The van der Waals surface area contributed by atoms with Crippen LogP contribution in [0.3, 0.4) is 0 Å². The number of hydrogen-bond acceptors (Lipinski definition) is 3. The molecule has 1 aliphatic heterocycles. The summed E-state index contributed by atoms with van der Waals surface area (Å²) in [5.74, 6) is 0. The highest BCUT2D eigenvalue weighted by molar-refractivity contribution is 6.61. The summed E-state index contributed by atoms with van der Waals surface area (Å²) in [4.78, 5) is 4.49. The molecule has 1 saturated heterocycles. The van der Waals surface area contributed by atoms with Crippen molar-refractivity contribution in [1.82, 2.24) is 9.55 Å². The van der Waals surface area contributed by atoms with Crippen molar-refractivity contribution in [3.8, 4) is 0 Å². The largest absolute Gasteiger partial charge is 0.516 e. The first kappa shape index (κ1) is 13.2. The van der Waals surface area contributed by atoms with E-state index in [9.17, 15) is 0 Å². The van der Waals surface area contributed by atoms with Crippen LogP contribution in [0.4, 0.5) is 0 Å². The minimum absolute atomic E-state index is 0.297. The Morgan fingerprint density at radius 1 is 1.16 bits per heavy atom. The van der Waals surface area contributed by atoms with Crippen molar-refractivity contribution >= 4 is 12.7 Å². The summed E-state index contributed by atoms with van der Waals surface area (Å²) in [6, 6.07) is 0.615. The summed E-state index contributed by atoms with van der Waals surface area (Å²) >= 11 is 0. The molecule has 0 atom stereocenters. The summed E-state index contributed by atoms with van der Waals surface area (Å²) in [5.41, 5.74) is 0.300. The molecule has 1 aromatic rings. The van der Waals surface area contributed by atoms with Gasteiger partial charge in [0.1, 0.15) is 0 Å². The number of hydrogen-bond donors (Lipinski definition) is 0. The normalized spacial score (nSPS) is 26.2. The summed E-state index contributed by atoms with van der Waals surface area (Å²) in [7, 11) is -0.340. The Hall–Kier alpha value is -0.805. The second-order valence-corrected chi connectivity index (χ2v) is 6.77. The molecule has 1 aromatic heterocycles. The summed E-state index contributed by atoms with van der Waals surface area (Å²) in [5, 5.41) is 0. The molecule has 0 N–H and O–H groups in total. The fraction of sp³-hybridized carbons (Fsp3) is 0.786. The first-order chi connectivity index (χ1) is 8.89. The molecule has 0 aromatic carbocycles. The lowest BCUT2D eigenvalue weighted by Gasteiger charge is -2.32. The van der Waals surface area contributed by atoms with Crippen LogP contribution in [0, 0.1) is 0 Å². The monoisotopic (exact) mass is 262 g/mol. The van der Waals surface area contributed by atoms with E-state index in [1.165, 1.54) is 25.7 Å². The number of aromatic nitrogens is 2.